The van der Waals surface area contributed by atoms with Gasteiger partial charge in [0.2, 0.25) is 0 Å². The molecule has 0 bridgehead atoms. The van der Waals surface area contributed by atoms with Crippen LogP contribution in [0.3, 0.4) is 0 Å². The summed E-state index contributed by atoms with van der Waals surface area (Å²) >= 11 is 6.47. The first-order chi connectivity index (χ1) is 8.97. The fraction of sp³-hybridized carbons (Fsp3) is 0.625. The Morgan fingerprint density at radius 3 is 2.47 bits per heavy atom. The van der Waals surface area contributed by atoms with Crippen LogP contribution in [-0.4, -0.2) is 18.6 Å². The van der Waals surface area contributed by atoms with E-state index in [0.29, 0.717) is 6.04 Å². The van der Waals surface area contributed by atoms with Crippen LogP contribution in [-0.2, 0) is 6.42 Å². The molecule has 2 rings (SSSR count). The zero-order chi connectivity index (χ0) is 14.0. The summed E-state index contributed by atoms with van der Waals surface area (Å²) in [4.78, 5) is 2.43. The molecule has 106 valence electrons. The highest BCUT2D eigenvalue weighted by molar-refractivity contribution is 6.33. The van der Waals surface area contributed by atoms with Gasteiger partial charge in [-0.25, -0.2) is 0 Å². The fourth-order valence-corrected chi connectivity index (χ4v) is 2.76. The molecule has 2 N–H and O–H groups in total. The average Bonchev–Trinajstić information content (AvgIpc) is 3.09. The maximum absolute atomic E-state index is 6.47. The van der Waals surface area contributed by atoms with Crippen molar-refractivity contribution in [3.05, 3.63) is 28.8 Å². The Bertz CT molecular complexity index is 425. The van der Waals surface area contributed by atoms with E-state index >= 15 is 0 Å². The van der Waals surface area contributed by atoms with Crippen molar-refractivity contribution < 1.29 is 0 Å². The molecule has 2 nitrogen and oxygen atoms in total. The van der Waals surface area contributed by atoms with Gasteiger partial charge in [0, 0.05) is 18.6 Å². The van der Waals surface area contributed by atoms with Gasteiger partial charge >= 0.3 is 0 Å². The Labute approximate surface area is 121 Å². The molecule has 1 aliphatic rings. The van der Waals surface area contributed by atoms with Crippen molar-refractivity contribution >= 4 is 17.3 Å². The lowest BCUT2D eigenvalue weighted by Gasteiger charge is -2.30. The van der Waals surface area contributed by atoms with E-state index in [1.165, 1.54) is 18.4 Å². The molecule has 1 atom stereocenters. The summed E-state index contributed by atoms with van der Waals surface area (Å²) in [7, 11) is 0. The Kier molecular flexibility index (Phi) is 4.75. The SMILES string of the molecule is CC(N)Cc1ccc(N(CC2CC2)C(C)C)c(Cl)c1. The van der Waals surface area contributed by atoms with E-state index in [0.717, 1.165) is 29.6 Å². The van der Waals surface area contributed by atoms with Gasteiger partial charge in [-0.15, -0.1) is 0 Å². The van der Waals surface area contributed by atoms with Crippen LogP contribution in [0.4, 0.5) is 5.69 Å². The number of halogens is 1. The zero-order valence-electron chi connectivity index (χ0n) is 12.2. The first-order valence-corrected chi connectivity index (χ1v) is 7.65. The van der Waals surface area contributed by atoms with Gasteiger partial charge in [-0.3, -0.25) is 0 Å². The van der Waals surface area contributed by atoms with Gasteiger partial charge in [0.15, 0.2) is 0 Å². The van der Waals surface area contributed by atoms with Crippen LogP contribution in [0, 0.1) is 5.92 Å². The largest absolute Gasteiger partial charge is 0.368 e. The van der Waals surface area contributed by atoms with E-state index < -0.39 is 0 Å². The molecular weight excluding hydrogens is 256 g/mol. The van der Waals surface area contributed by atoms with E-state index in [9.17, 15) is 0 Å². The molecule has 1 fully saturated rings. The van der Waals surface area contributed by atoms with Gasteiger partial charge in [0.05, 0.1) is 10.7 Å². The van der Waals surface area contributed by atoms with Gasteiger partial charge in [-0.05, 0) is 63.6 Å². The van der Waals surface area contributed by atoms with Crippen molar-refractivity contribution in [2.24, 2.45) is 11.7 Å². The summed E-state index contributed by atoms with van der Waals surface area (Å²) in [5, 5.41) is 0.854. The molecule has 0 heterocycles. The van der Waals surface area contributed by atoms with E-state index in [1.807, 2.05) is 6.92 Å². The van der Waals surface area contributed by atoms with Crippen molar-refractivity contribution in [1.29, 1.82) is 0 Å². The number of benzene rings is 1. The molecule has 1 saturated carbocycles. The van der Waals surface area contributed by atoms with Gasteiger partial charge in [-0.1, -0.05) is 17.7 Å². The van der Waals surface area contributed by atoms with E-state index in [4.69, 9.17) is 17.3 Å². The quantitative estimate of drug-likeness (QED) is 0.857. The van der Waals surface area contributed by atoms with Crippen molar-refractivity contribution in [1.82, 2.24) is 0 Å². The maximum atomic E-state index is 6.47. The van der Waals surface area contributed by atoms with Gasteiger partial charge < -0.3 is 10.6 Å². The lowest BCUT2D eigenvalue weighted by Crippen LogP contribution is -2.33. The molecule has 0 spiro atoms. The predicted molar refractivity (Wildman–Crippen MR) is 84.0 cm³/mol. The number of hydrogen-bond acceptors (Lipinski definition) is 2. The second-order valence-electron chi connectivity index (χ2n) is 6.16. The molecule has 19 heavy (non-hydrogen) atoms. The topological polar surface area (TPSA) is 29.3 Å². The lowest BCUT2D eigenvalue weighted by molar-refractivity contribution is 0.644. The number of hydrogen-bond donors (Lipinski definition) is 1. The summed E-state index contributed by atoms with van der Waals surface area (Å²) in [5.74, 6) is 0.863. The van der Waals surface area contributed by atoms with Crippen LogP contribution < -0.4 is 10.6 Å². The summed E-state index contributed by atoms with van der Waals surface area (Å²) in [5.41, 5.74) is 8.23. The van der Waals surface area contributed by atoms with Gasteiger partial charge in [0.1, 0.15) is 0 Å². The third kappa shape index (κ3) is 4.12. The second kappa shape index (κ2) is 6.15. The third-order valence-corrected chi connectivity index (χ3v) is 3.96. The molecular formula is C16H25ClN2. The van der Waals surface area contributed by atoms with Crippen LogP contribution in [0.15, 0.2) is 18.2 Å². The van der Waals surface area contributed by atoms with Crippen molar-refractivity contribution in [2.75, 3.05) is 11.4 Å². The molecule has 1 aromatic carbocycles. The highest BCUT2D eigenvalue weighted by Gasteiger charge is 2.26. The van der Waals surface area contributed by atoms with Crippen molar-refractivity contribution in [3.63, 3.8) is 0 Å². The molecule has 0 saturated heterocycles. The van der Waals surface area contributed by atoms with Crippen molar-refractivity contribution in [2.45, 2.75) is 52.1 Å². The smallest absolute Gasteiger partial charge is 0.0642 e. The molecule has 1 aliphatic carbocycles. The minimum Gasteiger partial charge on any atom is -0.368 e. The van der Waals surface area contributed by atoms with E-state index in [1.54, 1.807) is 0 Å². The first kappa shape index (κ1) is 14.7. The molecule has 0 aromatic heterocycles. The predicted octanol–water partition coefficient (Wildman–Crippen LogP) is 3.85. The van der Waals surface area contributed by atoms with Crippen LogP contribution in [0.1, 0.15) is 39.2 Å². The van der Waals surface area contributed by atoms with Gasteiger partial charge in [-0.2, -0.15) is 0 Å². The second-order valence-corrected chi connectivity index (χ2v) is 6.56. The highest BCUT2D eigenvalue weighted by atomic mass is 35.5. The monoisotopic (exact) mass is 280 g/mol. The highest BCUT2D eigenvalue weighted by Crippen LogP contribution is 2.35. The molecule has 0 aliphatic heterocycles. The molecule has 3 heteroatoms. The standard InChI is InChI=1S/C16H25ClN2/c1-11(2)19(10-13-4-5-13)16-7-6-14(8-12(3)18)9-15(16)17/h6-7,9,11-13H,4-5,8,10,18H2,1-3H3. The Morgan fingerprint density at radius 1 is 1.32 bits per heavy atom. The van der Waals surface area contributed by atoms with Crippen LogP contribution in [0.2, 0.25) is 5.02 Å². The number of anilines is 1. The van der Waals surface area contributed by atoms with E-state index in [-0.39, 0.29) is 6.04 Å². The number of nitrogens with two attached hydrogens (primary N) is 1. The van der Waals surface area contributed by atoms with Crippen LogP contribution in [0.25, 0.3) is 0 Å². The lowest BCUT2D eigenvalue weighted by atomic mass is 10.1. The average molecular weight is 281 g/mol. The Hall–Kier alpha value is -0.730. The fourth-order valence-electron chi connectivity index (χ4n) is 2.45. The minimum atomic E-state index is 0.176. The molecule has 0 amide bonds. The molecule has 0 radical (unpaired) electrons. The number of nitrogens with zero attached hydrogens (tertiary/aromatic N) is 1. The summed E-state index contributed by atoms with van der Waals surface area (Å²) < 4.78 is 0. The Balaban J connectivity index is 2.17. The normalized spacial score (nSPS) is 16.7. The molecule has 1 aromatic rings. The maximum Gasteiger partial charge on any atom is 0.0642 e. The van der Waals surface area contributed by atoms with Crippen molar-refractivity contribution in [3.8, 4) is 0 Å². The summed E-state index contributed by atoms with van der Waals surface area (Å²) in [6, 6.07) is 7.05. The van der Waals surface area contributed by atoms with Gasteiger partial charge in [0.25, 0.3) is 0 Å². The summed E-state index contributed by atoms with van der Waals surface area (Å²) in [6.07, 6.45) is 3.61. The van der Waals surface area contributed by atoms with Crippen LogP contribution >= 0.6 is 11.6 Å². The zero-order valence-corrected chi connectivity index (χ0v) is 13.0. The number of rotatable bonds is 6. The third-order valence-electron chi connectivity index (χ3n) is 3.65. The summed E-state index contributed by atoms with van der Waals surface area (Å²) in [6.45, 7) is 7.61. The Morgan fingerprint density at radius 2 is 2.00 bits per heavy atom. The van der Waals surface area contributed by atoms with Crippen LogP contribution in [0.5, 0.6) is 0 Å². The first-order valence-electron chi connectivity index (χ1n) is 7.28. The van der Waals surface area contributed by atoms with E-state index in [2.05, 4.69) is 36.9 Å². The minimum absolute atomic E-state index is 0.176. The molecule has 1 unspecified atom stereocenters.